The van der Waals surface area contributed by atoms with Crippen molar-refractivity contribution in [1.82, 2.24) is 0 Å². The number of unbranched alkanes of at least 4 members (excludes halogenated alkanes) is 3. The number of nitrogens with zero attached hydrogens (tertiary/aromatic N) is 3. The quantitative estimate of drug-likeness (QED) is 0.0561. The standard InChI is InChI=1S/C21H26F3NO.2C21H29NO/c1-3-5-8-16(4-2)15-25(19-11-7-12-20(26)14-19)18-10-6-9-17(13-18)21(22,23)24;1-4-6-11-18(5-2)16-22(19-12-9-13-20(23)15-19)21-14-8-7-10-17(21)3;1-4-6-8-18(5-2)16-22(19-13-11-17(3)12-14-19)20-9-7-10-21(23)15-20/h6-7,9-14,16,26H,3-5,8,15H2,1-2H3;7-10,12-15,18,23H,4-6,11,16H2,1-3H3;7,9-15,18,23H,4-6,8,16H2,1-3H3. The Morgan fingerprint density at radius 2 is 0.792 bits per heavy atom. The minimum absolute atomic E-state index is 0.0982. The summed E-state index contributed by atoms with van der Waals surface area (Å²) in [4.78, 5) is 6.57. The number of phenolic OH excluding ortho intramolecular Hbond substituents is 3. The molecule has 0 heterocycles. The molecule has 0 saturated heterocycles. The van der Waals surface area contributed by atoms with Gasteiger partial charge in [0.2, 0.25) is 0 Å². The molecule has 0 amide bonds. The van der Waals surface area contributed by atoms with Crippen LogP contribution in [0.2, 0.25) is 0 Å². The summed E-state index contributed by atoms with van der Waals surface area (Å²) in [6.07, 6.45) is 9.70. The number of rotatable bonds is 24. The number of aryl methyl sites for hydroxylation is 2. The van der Waals surface area contributed by atoms with E-state index >= 15 is 0 Å². The molecule has 6 nitrogen and oxygen atoms in total. The third-order valence-electron chi connectivity index (χ3n) is 13.6. The van der Waals surface area contributed by atoms with E-state index in [9.17, 15) is 28.5 Å². The molecule has 3 atom stereocenters. The molecule has 0 saturated carbocycles. The van der Waals surface area contributed by atoms with E-state index in [1.807, 2.05) is 35.2 Å². The normalized spacial score (nSPS) is 12.4. The molecule has 0 aliphatic heterocycles. The van der Waals surface area contributed by atoms with Crippen LogP contribution in [-0.4, -0.2) is 35.0 Å². The fraction of sp³-hybridized carbons (Fsp3) is 0.429. The van der Waals surface area contributed by atoms with E-state index in [4.69, 9.17) is 0 Å². The molecule has 0 fully saturated rings. The third kappa shape index (κ3) is 19.2. The van der Waals surface area contributed by atoms with Gasteiger partial charge in [0.25, 0.3) is 0 Å². The van der Waals surface area contributed by atoms with Crippen LogP contribution < -0.4 is 14.7 Å². The summed E-state index contributed by atoms with van der Waals surface area (Å²) in [5.41, 5.74) is 7.59. The Labute approximate surface area is 431 Å². The smallest absolute Gasteiger partial charge is 0.416 e. The van der Waals surface area contributed by atoms with E-state index in [2.05, 4.69) is 126 Å². The van der Waals surface area contributed by atoms with E-state index in [0.29, 0.717) is 47.2 Å². The molecule has 0 aliphatic rings. The average molecular weight is 988 g/mol. The third-order valence-corrected chi connectivity index (χ3v) is 13.6. The molecular formula is C63H84F3N3O3. The zero-order chi connectivity index (χ0) is 52.5. The van der Waals surface area contributed by atoms with Crippen LogP contribution in [0.1, 0.15) is 135 Å². The number of hydrogen-bond donors (Lipinski definition) is 3. The van der Waals surface area contributed by atoms with Crippen molar-refractivity contribution in [2.75, 3.05) is 34.3 Å². The lowest BCUT2D eigenvalue weighted by molar-refractivity contribution is -0.137. The van der Waals surface area contributed by atoms with Crippen molar-refractivity contribution in [3.05, 3.63) is 162 Å². The van der Waals surface area contributed by atoms with Crippen LogP contribution in [0.5, 0.6) is 17.2 Å². The second-order valence-electron chi connectivity index (χ2n) is 19.3. The van der Waals surface area contributed by atoms with Gasteiger partial charge in [-0.1, -0.05) is 159 Å². The van der Waals surface area contributed by atoms with Crippen LogP contribution >= 0.6 is 0 Å². The van der Waals surface area contributed by atoms with E-state index in [-0.39, 0.29) is 5.75 Å². The Hall–Kier alpha value is -6.09. The summed E-state index contributed by atoms with van der Waals surface area (Å²) in [7, 11) is 0. The Morgan fingerprint density at radius 3 is 1.18 bits per heavy atom. The van der Waals surface area contributed by atoms with E-state index in [1.54, 1.807) is 36.4 Å². The molecule has 0 spiro atoms. The van der Waals surface area contributed by atoms with Gasteiger partial charge in [0.05, 0.1) is 5.56 Å². The van der Waals surface area contributed by atoms with Crippen molar-refractivity contribution >= 4 is 34.1 Å². The summed E-state index contributed by atoms with van der Waals surface area (Å²) < 4.78 is 39.4. The van der Waals surface area contributed by atoms with Crippen molar-refractivity contribution in [1.29, 1.82) is 0 Å². The second kappa shape index (κ2) is 30.7. The van der Waals surface area contributed by atoms with Crippen LogP contribution in [0.4, 0.5) is 47.3 Å². The number of hydrogen-bond acceptors (Lipinski definition) is 6. The minimum atomic E-state index is -4.38. The zero-order valence-electron chi connectivity index (χ0n) is 44.5. The summed E-state index contributed by atoms with van der Waals surface area (Å²) in [5.74, 6) is 2.44. The van der Waals surface area contributed by atoms with Gasteiger partial charge in [-0.25, -0.2) is 0 Å². The fourth-order valence-corrected chi connectivity index (χ4v) is 9.01. The molecular weight excluding hydrogens is 904 g/mol. The van der Waals surface area contributed by atoms with Gasteiger partial charge in [0.15, 0.2) is 0 Å². The predicted octanol–water partition coefficient (Wildman–Crippen LogP) is 18.9. The topological polar surface area (TPSA) is 70.4 Å². The molecule has 3 unspecified atom stereocenters. The number of benzene rings is 6. The monoisotopic (exact) mass is 988 g/mol. The highest BCUT2D eigenvalue weighted by Crippen LogP contribution is 2.37. The number of alkyl halides is 3. The molecule has 0 aromatic heterocycles. The number of halogens is 3. The second-order valence-corrected chi connectivity index (χ2v) is 19.3. The highest BCUT2D eigenvalue weighted by Gasteiger charge is 2.31. The van der Waals surface area contributed by atoms with Crippen LogP contribution in [0.3, 0.4) is 0 Å². The summed E-state index contributed by atoms with van der Waals surface area (Å²) in [6, 6.07) is 44.3. The Kier molecular flexibility index (Phi) is 24.9. The van der Waals surface area contributed by atoms with Crippen LogP contribution in [0, 0.1) is 31.6 Å². The van der Waals surface area contributed by atoms with E-state index < -0.39 is 11.7 Å². The maximum Gasteiger partial charge on any atom is 0.416 e. The first-order chi connectivity index (χ1) is 34.6. The van der Waals surface area contributed by atoms with E-state index in [1.165, 1.54) is 86.0 Å². The Balaban J connectivity index is 0.000000235. The molecule has 0 radical (unpaired) electrons. The number of aromatic hydroxyl groups is 3. The molecule has 0 aliphatic carbocycles. The van der Waals surface area contributed by atoms with Gasteiger partial charge in [-0.15, -0.1) is 0 Å². The number of anilines is 6. The molecule has 9 heteroatoms. The van der Waals surface area contributed by atoms with Gasteiger partial charge in [0.1, 0.15) is 17.2 Å². The van der Waals surface area contributed by atoms with Crippen molar-refractivity contribution in [2.45, 2.75) is 139 Å². The van der Waals surface area contributed by atoms with Crippen molar-refractivity contribution in [3.8, 4) is 17.2 Å². The van der Waals surface area contributed by atoms with Crippen LogP contribution in [0.15, 0.2) is 146 Å². The predicted molar refractivity (Wildman–Crippen MR) is 299 cm³/mol. The Bertz CT molecular complexity index is 2440. The highest BCUT2D eigenvalue weighted by molar-refractivity contribution is 5.68. The fourth-order valence-electron chi connectivity index (χ4n) is 9.01. The first kappa shape index (κ1) is 58.5. The molecule has 72 heavy (non-hydrogen) atoms. The van der Waals surface area contributed by atoms with E-state index in [0.717, 1.165) is 56.2 Å². The molecule has 6 aromatic rings. The molecule has 0 bridgehead atoms. The lowest BCUT2D eigenvalue weighted by Gasteiger charge is -2.30. The van der Waals surface area contributed by atoms with Crippen molar-refractivity contribution < 1.29 is 28.5 Å². The Morgan fingerprint density at radius 1 is 0.417 bits per heavy atom. The lowest BCUT2D eigenvalue weighted by Crippen LogP contribution is -2.25. The highest BCUT2D eigenvalue weighted by atomic mass is 19.4. The van der Waals surface area contributed by atoms with Gasteiger partial charge in [0, 0.05) is 72.0 Å². The van der Waals surface area contributed by atoms with Gasteiger partial charge in [-0.3, -0.25) is 0 Å². The van der Waals surface area contributed by atoms with Crippen molar-refractivity contribution in [2.24, 2.45) is 17.8 Å². The number of para-hydroxylation sites is 1. The van der Waals surface area contributed by atoms with Gasteiger partial charge >= 0.3 is 6.18 Å². The maximum atomic E-state index is 13.1. The summed E-state index contributed by atoms with van der Waals surface area (Å²) in [6.45, 7) is 20.1. The molecule has 3 N–H and O–H groups in total. The largest absolute Gasteiger partial charge is 0.508 e. The lowest BCUT2D eigenvalue weighted by atomic mass is 9.97. The van der Waals surface area contributed by atoms with Crippen molar-refractivity contribution in [3.63, 3.8) is 0 Å². The molecule has 390 valence electrons. The summed E-state index contributed by atoms with van der Waals surface area (Å²) in [5, 5.41) is 29.6. The van der Waals surface area contributed by atoms with Gasteiger partial charge in [-0.05, 0) is 129 Å². The maximum absolute atomic E-state index is 13.1. The molecule has 6 aromatic carbocycles. The zero-order valence-corrected chi connectivity index (χ0v) is 44.5. The van der Waals surface area contributed by atoms with Crippen LogP contribution in [0.25, 0.3) is 0 Å². The number of phenols is 3. The first-order valence-corrected chi connectivity index (χ1v) is 26.6. The SMILES string of the molecule is CCCCC(CC)CN(c1ccc(C)cc1)c1cccc(O)c1.CCCCC(CC)CN(c1cccc(O)c1)c1cccc(C(F)(F)F)c1.CCCCC(CC)CN(c1cccc(O)c1)c1ccccc1C. The summed E-state index contributed by atoms with van der Waals surface area (Å²) >= 11 is 0. The average Bonchev–Trinajstić information content (AvgIpc) is 3.37. The van der Waals surface area contributed by atoms with Gasteiger partial charge < -0.3 is 30.0 Å². The first-order valence-electron chi connectivity index (χ1n) is 26.6. The minimum Gasteiger partial charge on any atom is -0.508 e. The van der Waals surface area contributed by atoms with Gasteiger partial charge in [-0.2, -0.15) is 13.2 Å². The molecule has 6 rings (SSSR count). The van der Waals surface area contributed by atoms with Crippen LogP contribution in [-0.2, 0) is 6.18 Å².